The summed E-state index contributed by atoms with van der Waals surface area (Å²) in [6.45, 7) is 1.78. The van der Waals surface area contributed by atoms with Crippen molar-refractivity contribution >= 4 is 32.7 Å². The lowest BCUT2D eigenvalue weighted by Crippen LogP contribution is -2.21. The third-order valence-electron chi connectivity index (χ3n) is 2.25. The molecule has 20 heavy (non-hydrogen) atoms. The van der Waals surface area contributed by atoms with E-state index in [4.69, 9.17) is 5.11 Å². The minimum Gasteiger partial charge on any atom is -0.384 e. The predicted octanol–water partition coefficient (Wildman–Crippen LogP) is 1.34. The van der Waals surface area contributed by atoms with Gasteiger partial charge in [-0.3, -0.25) is 0 Å². The molecule has 0 aliphatic rings. The van der Waals surface area contributed by atoms with Crippen molar-refractivity contribution in [2.24, 2.45) is 0 Å². The number of thiophene rings is 1. The maximum Gasteiger partial charge on any atom is 0.252 e. The Morgan fingerprint density at radius 1 is 1.40 bits per heavy atom. The zero-order valence-electron chi connectivity index (χ0n) is 10.6. The molecule has 2 N–H and O–H groups in total. The number of hydrogen-bond acceptors (Lipinski definition) is 6. The molecule has 0 amide bonds. The first-order chi connectivity index (χ1) is 9.51. The predicted molar refractivity (Wildman–Crippen MR) is 79.2 cm³/mol. The van der Waals surface area contributed by atoms with Crippen LogP contribution in [0.25, 0.3) is 0 Å². The van der Waals surface area contributed by atoms with Gasteiger partial charge in [-0.2, -0.15) is 0 Å². The van der Waals surface area contributed by atoms with Gasteiger partial charge in [0, 0.05) is 11.4 Å². The van der Waals surface area contributed by atoms with Crippen molar-refractivity contribution in [1.29, 1.82) is 0 Å². The first-order valence-electron chi connectivity index (χ1n) is 5.62. The SMILES string of the molecule is Cc1ncc(S(=O)(=O)NCc2ccc(C#CCO)s2)s1. The minimum atomic E-state index is -3.51. The molecule has 0 saturated heterocycles. The fourth-order valence-corrected chi connectivity index (χ4v) is 4.44. The van der Waals surface area contributed by atoms with Crippen molar-refractivity contribution in [2.45, 2.75) is 17.7 Å². The van der Waals surface area contributed by atoms with Crippen molar-refractivity contribution in [2.75, 3.05) is 6.61 Å². The van der Waals surface area contributed by atoms with E-state index in [1.54, 1.807) is 13.0 Å². The quantitative estimate of drug-likeness (QED) is 0.830. The maximum atomic E-state index is 12.0. The molecule has 8 heteroatoms. The number of nitrogens with zero attached hydrogens (tertiary/aromatic N) is 1. The highest BCUT2D eigenvalue weighted by atomic mass is 32.2. The molecule has 106 valence electrons. The minimum absolute atomic E-state index is 0.190. The number of sulfonamides is 1. The van der Waals surface area contributed by atoms with Crippen molar-refractivity contribution in [3.8, 4) is 11.8 Å². The number of hydrogen-bond donors (Lipinski definition) is 2. The van der Waals surface area contributed by atoms with Crippen LogP contribution in [-0.4, -0.2) is 25.1 Å². The van der Waals surface area contributed by atoms with E-state index in [0.29, 0.717) is 5.01 Å². The second-order valence-electron chi connectivity index (χ2n) is 3.75. The summed E-state index contributed by atoms with van der Waals surface area (Å²) in [4.78, 5) is 5.59. The number of nitrogens with one attached hydrogen (secondary N) is 1. The van der Waals surface area contributed by atoms with Gasteiger partial charge >= 0.3 is 0 Å². The molecule has 0 bridgehead atoms. The van der Waals surface area contributed by atoms with E-state index in [0.717, 1.165) is 21.1 Å². The van der Waals surface area contributed by atoms with Crippen molar-refractivity contribution < 1.29 is 13.5 Å². The number of aliphatic hydroxyl groups is 1. The molecule has 0 aliphatic heterocycles. The molecular weight excluding hydrogens is 316 g/mol. The summed E-state index contributed by atoms with van der Waals surface area (Å²) < 4.78 is 26.7. The Bertz CT molecular complexity index is 750. The fraction of sp³-hybridized carbons (Fsp3) is 0.250. The van der Waals surface area contributed by atoms with Gasteiger partial charge < -0.3 is 5.11 Å². The summed E-state index contributed by atoms with van der Waals surface area (Å²) in [7, 11) is -3.51. The van der Waals surface area contributed by atoms with Crippen LogP contribution in [0.2, 0.25) is 0 Å². The molecule has 0 saturated carbocycles. The van der Waals surface area contributed by atoms with Gasteiger partial charge in [-0.25, -0.2) is 18.1 Å². The van der Waals surface area contributed by atoms with Crippen LogP contribution in [0.4, 0.5) is 0 Å². The average Bonchev–Trinajstić information content (AvgIpc) is 3.03. The van der Waals surface area contributed by atoms with Gasteiger partial charge in [0.05, 0.1) is 16.1 Å². The fourth-order valence-electron chi connectivity index (χ4n) is 1.37. The van der Waals surface area contributed by atoms with Crippen LogP contribution in [0, 0.1) is 18.8 Å². The summed E-state index contributed by atoms with van der Waals surface area (Å²) in [6, 6.07) is 3.61. The molecule has 0 unspecified atom stereocenters. The lowest BCUT2D eigenvalue weighted by Gasteiger charge is -2.01. The third-order valence-corrected chi connectivity index (χ3v) is 6.03. The van der Waals surface area contributed by atoms with Crippen LogP contribution in [0.15, 0.2) is 22.5 Å². The van der Waals surface area contributed by atoms with E-state index in [2.05, 4.69) is 21.5 Å². The summed E-state index contributed by atoms with van der Waals surface area (Å²) in [5.74, 6) is 5.33. The van der Waals surface area contributed by atoms with Crippen molar-refractivity contribution in [3.63, 3.8) is 0 Å². The molecule has 0 radical (unpaired) electrons. The highest BCUT2D eigenvalue weighted by Gasteiger charge is 2.16. The average molecular weight is 328 g/mol. The van der Waals surface area contributed by atoms with Crippen LogP contribution in [0.5, 0.6) is 0 Å². The van der Waals surface area contributed by atoms with Gasteiger partial charge in [0.15, 0.2) is 4.21 Å². The van der Waals surface area contributed by atoms with Gasteiger partial charge in [-0.1, -0.05) is 11.8 Å². The van der Waals surface area contributed by atoms with E-state index in [-0.39, 0.29) is 17.4 Å². The number of thiazole rings is 1. The van der Waals surface area contributed by atoms with Gasteiger partial charge in [-0.15, -0.1) is 22.7 Å². The topological polar surface area (TPSA) is 79.3 Å². The molecule has 0 fully saturated rings. The van der Waals surface area contributed by atoms with Gasteiger partial charge in [0.2, 0.25) is 0 Å². The standard InChI is InChI=1S/C12H12N2O3S3/c1-9-13-8-12(18-9)20(16,17)14-7-11-5-4-10(19-11)3-2-6-15/h4-5,8,14-15H,6-7H2,1H3. The molecular formula is C12H12N2O3S3. The molecule has 2 aromatic rings. The second-order valence-corrected chi connectivity index (χ2v) is 8.15. The zero-order valence-corrected chi connectivity index (χ0v) is 13.0. The van der Waals surface area contributed by atoms with Crippen molar-refractivity contribution in [3.05, 3.63) is 33.1 Å². The Hall–Kier alpha value is -1.24. The van der Waals surface area contributed by atoms with Crippen LogP contribution < -0.4 is 4.72 Å². The lowest BCUT2D eigenvalue weighted by atomic mass is 10.4. The van der Waals surface area contributed by atoms with E-state index in [1.165, 1.54) is 17.5 Å². The number of aliphatic hydroxyl groups excluding tert-OH is 1. The maximum absolute atomic E-state index is 12.0. The third kappa shape index (κ3) is 3.88. The molecule has 5 nitrogen and oxygen atoms in total. The molecule has 2 heterocycles. The Morgan fingerprint density at radius 3 is 2.85 bits per heavy atom. The molecule has 0 spiro atoms. The van der Waals surface area contributed by atoms with Crippen LogP contribution in [0.1, 0.15) is 14.8 Å². The molecule has 0 aromatic carbocycles. The van der Waals surface area contributed by atoms with E-state index >= 15 is 0 Å². The summed E-state index contributed by atoms with van der Waals surface area (Å²) in [5.41, 5.74) is 0. The first kappa shape index (κ1) is 15.2. The monoisotopic (exact) mass is 328 g/mol. The van der Waals surface area contributed by atoms with Gasteiger partial charge in [0.25, 0.3) is 10.0 Å². The molecule has 2 aromatic heterocycles. The number of aromatic nitrogens is 1. The Balaban J connectivity index is 2.03. The molecule has 0 aliphatic carbocycles. The smallest absolute Gasteiger partial charge is 0.252 e. The second kappa shape index (κ2) is 6.47. The van der Waals surface area contributed by atoms with E-state index in [1.807, 2.05) is 6.07 Å². The van der Waals surface area contributed by atoms with Crippen LogP contribution in [-0.2, 0) is 16.6 Å². The largest absolute Gasteiger partial charge is 0.384 e. The first-order valence-corrected chi connectivity index (χ1v) is 8.73. The molecule has 2 rings (SSSR count). The van der Waals surface area contributed by atoms with Gasteiger partial charge in [-0.05, 0) is 19.1 Å². The summed E-state index contributed by atoms with van der Waals surface area (Å²) in [6.07, 6.45) is 1.36. The number of rotatable bonds is 4. The Kier molecular flexibility index (Phi) is 4.91. The van der Waals surface area contributed by atoms with E-state index in [9.17, 15) is 8.42 Å². The Morgan fingerprint density at radius 2 is 2.20 bits per heavy atom. The normalized spacial score (nSPS) is 11.1. The zero-order chi connectivity index (χ0) is 14.6. The highest BCUT2D eigenvalue weighted by Crippen LogP contribution is 2.19. The Labute approximate surface area is 125 Å². The van der Waals surface area contributed by atoms with Crippen LogP contribution in [0.3, 0.4) is 0 Å². The highest BCUT2D eigenvalue weighted by molar-refractivity contribution is 7.91. The van der Waals surface area contributed by atoms with Crippen LogP contribution >= 0.6 is 22.7 Å². The number of aryl methyl sites for hydroxylation is 1. The lowest BCUT2D eigenvalue weighted by molar-refractivity contribution is 0.350. The van der Waals surface area contributed by atoms with E-state index < -0.39 is 10.0 Å². The summed E-state index contributed by atoms with van der Waals surface area (Å²) >= 11 is 2.53. The summed E-state index contributed by atoms with van der Waals surface area (Å²) in [5, 5.41) is 9.32. The van der Waals surface area contributed by atoms with Gasteiger partial charge in [0.1, 0.15) is 6.61 Å². The van der Waals surface area contributed by atoms with Crippen molar-refractivity contribution in [1.82, 2.24) is 9.71 Å². The molecule has 0 atom stereocenters.